The van der Waals surface area contributed by atoms with Gasteiger partial charge in [0.05, 0.1) is 17.9 Å². The summed E-state index contributed by atoms with van der Waals surface area (Å²) in [5.74, 6) is 0.244. The number of carbonyl (C=O) groups excluding carboxylic acids is 1. The lowest BCUT2D eigenvalue weighted by atomic mass is 9.96. The highest BCUT2D eigenvalue weighted by atomic mass is 32.1. The van der Waals surface area contributed by atoms with E-state index in [9.17, 15) is 4.79 Å². The first-order valence-corrected chi connectivity index (χ1v) is 9.03. The van der Waals surface area contributed by atoms with Gasteiger partial charge in [0.2, 0.25) is 5.91 Å². The van der Waals surface area contributed by atoms with E-state index in [1.54, 1.807) is 4.68 Å². The van der Waals surface area contributed by atoms with Gasteiger partial charge < -0.3 is 4.90 Å². The van der Waals surface area contributed by atoms with E-state index < -0.39 is 0 Å². The van der Waals surface area contributed by atoms with Crippen LogP contribution in [0.1, 0.15) is 29.0 Å². The summed E-state index contributed by atoms with van der Waals surface area (Å²) in [6.45, 7) is 4.23. The second kappa shape index (κ2) is 5.76. The van der Waals surface area contributed by atoms with Crippen LogP contribution in [0.5, 0.6) is 0 Å². The Bertz CT molecular complexity index is 722. The first kappa shape index (κ1) is 14.9. The Morgan fingerprint density at radius 1 is 1.30 bits per heavy atom. The summed E-state index contributed by atoms with van der Waals surface area (Å²) < 4.78 is 1.77. The number of carbonyl (C=O) groups is 1. The minimum absolute atomic E-state index is 0.244. The average Bonchev–Trinajstić information content (AvgIpc) is 3.21. The summed E-state index contributed by atoms with van der Waals surface area (Å²) >= 11 is 1.88. The Morgan fingerprint density at radius 2 is 2.17 bits per heavy atom. The van der Waals surface area contributed by atoms with Crippen LogP contribution < -0.4 is 4.90 Å². The maximum atomic E-state index is 12.5. The number of aryl methyl sites for hydroxylation is 2. The van der Waals surface area contributed by atoms with Gasteiger partial charge in [0.25, 0.3) is 0 Å². The third-order valence-corrected chi connectivity index (χ3v) is 5.99. The number of anilines is 1. The van der Waals surface area contributed by atoms with Crippen LogP contribution in [0.4, 0.5) is 5.69 Å². The third kappa shape index (κ3) is 2.70. The van der Waals surface area contributed by atoms with Gasteiger partial charge in [-0.25, -0.2) is 0 Å². The van der Waals surface area contributed by atoms with Crippen LogP contribution in [0.25, 0.3) is 0 Å². The van der Waals surface area contributed by atoms with Crippen molar-refractivity contribution < 1.29 is 4.79 Å². The monoisotopic (exact) mass is 330 g/mol. The molecule has 2 aromatic heterocycles. The quantitative estimate of drug-likeness (QED) is 0.868. The van der Waals surface area contributed by atoms with Gasteiger partial charge >= 0.3 is 0 Å². The van der Waals surface area contributed by atoms with Gasteiger partial charge in [0.15, 0.2) is 0 Å². The van der Waals surface area contributed by atoms with E-state index in [4.69, 9.17) is 0 Å². The lowest BCUT2D eigenvalue weighted by Gasteiger charge is -2.39. The van der Waals surface area contributed by atoms with Crippen molar-refractivity contribution in [3.8, 4) is 0 Å². The van der Waals surface area contributed by atoms with E-state index in [0.717, 1.165) is 31.6 Å². The summed E-state index contributed by atoms with van der Waals surface area (Å²) in [6.07, 6.45) is 6.42. The van der Waals surface area contributed by atoms with Crippen molar-refractivity contribution >= 4 is 22.9 Å². The second-order valence-corrected chi connectivity index (χ2v) is 7.95. The molecular formula is C17H22N4OS. The van der Waals surface area contributed by atoms with Gasteiger partial charge in [-0.1, -0.05) is 0 Å². The maximum Gasteiger partial charge on any atom is 0.227 e. The zero-order valence-electron chi connectivity index (χ0n) is 13.6. The topological polar surface area (TPSA) is 41.4 Å². The van der Waals surface area contributed by atoms with Gasteiger partial charge in [0, 0.05) is 48.6 Å². The number of hydrogen-bond acceptors (Lipinski definition) is 4. The maximum absolute atomic E-state index is 12.5. The zero-order valence-corrected chi connectivity index (χ0v) is 14.4. The van der Waals surface area contributed by atoms with Gasteiger partial charge in [0.1, 0.15) is 0 Å². The number of likely N-dealkylation sites (tertiary alicyclic amines) is 1. The molecule has 1 amide bonds. The number of nitrogens with zero attached hydrogens (tertiary/aromatic N) is 4. The highest BCUT2D eigenvalue weighted by Crippen LogP contribution is 2.35. The van der Waals surface area contributed by atoms with Crippen LogP contribution in [-0.2, 0) is 18.4 Å². The SMILES string of the molecule is Cc1ccc(CN2CC[C@@H]3[C@H]2CCC(=O)N3c2cnn(C)c2)s1. The lowest BCUT2D eigenvalue weighted by molar-refractivity contribution is -0.120. The fourth-order valence-electron chi connectivity index (χ4n) is 3.99. The molecule has 0 saturated carbocycles. The number of aromatic nitrogens is 2. The Labute approximate surface area is 140 Å². The standard InChI is InChI=1S/C17H22N4OS/c1-12-3-4-14(23-12)11-20-8-7-16-15(20)5-6-17(22)21(16)13-9-18-19(2)10-13/h3-4,9-10,15-16H,5-8,11H2,1-2H3/t15-,16-/m1/s1. The molecule has 2 saturated heterocycles. The number of piperidine rings is 1. The molecule has 0 aliphatic carbocycles. The van der Waals surface area contributed by atoms with E-state index in [2.05, 4.69) is 29.1 Å². The van der Waals surface area contributed by atoms with Gasteiger partial charge in [-0.15, -0.1) is 11.3 Å². The van der Waals surface area contributed by atoms with E-state index >= 15 is 0 Å². The molecule has 6 heteroatoms. The van der Waals surface area contributed by atoms with Gasteiger partial charge in [-0.2, -0.15) is 5.10 Å². The molecule has 122 valence electrons. The van der Waals surface area contributed by atoms with Crippen molar-refractivity contribution in [1.29, 1.82) is 0 Å². The smallest absolute Gasteiger partial charge is 0.227 e. The lowest BCUT2D eigenvalue weighted by Crippen LogP contribution is -2.52. The molecule has 2 aromatic rings. The highest BCUT2D eigenvalue weighted by molar-refractivity contribution is 7.11. The molecular weight excluding hydrogens is 308 g/mol. The number of rotatable bonds is 3. The molecule has 0 radical (unpaired) electrons. The van der Waals surface area contributed by atoms with Crippen LogP contribution in [0.3, 0.4) is 0 Å². The summed E-state index contributed by atoms with van der Waals surface area (Å²) in [5, 5.41) is 4.24. The Hall–Kier alpha value is -1.66. The molecule has 0 unspecified atom stereocenters. The van der Waals surface area contributed by atoms with E-state index in [1.165, 1.54) is 9.75 Å². The first-order valence-electron chi connectivity index (χ1n) is 8.22. The van der Waals surface area contributed by atoms with Crippen LogP contribution in [0.2, 0.25) is 0 Å². The number of amides is 1. The normalized spacial score (nSPS) is 25.1. The Morgan fingerprint density at radius 3 is 2.87 bits per heavy atom. The van der Waals surface area contributed by atoms with Crippen molar-refractivity contribution in [2.45, 2.75) is 44.8 Å². The van der Waals surface area contributed by atoms with Crippen LogP contribution >= 0.6 is 11.3 Å². The van der Waals surface area contributed by atoms with E-state index in [-0.39, 0.29) is 5.91 Å². The van der Waals surface area contributed by atoms with Crippen LogP contribution in [0, 0.1) is 6.92 Å². The van der Waals surface area contributed by atoms with Crippen LogP contribution in [-0.4, -0.2) is 39.2 Å². The molecule has 0 spiro atoms. The molecule has 0 bridgehead atoms. The number of hydrogen-bond donors (Lipinski definition) is 0. The van der Waals surface area contributed by atoms with Crippen molar-refractivity contribution in [3.63, 3.8) is 0 Å². The molecule has 23 heavy (non-hydrogen) atoms. The summed E-state index contributed by atoms with van der Waals surface area (Å²) in [6, 6.07) is 5.19. The molecule has 2 atom stereocenters. The van der Waals surface area contributed by atoms with Gasteiger partial charge in [-0.3, -0.25) is 14.4 Å². The largest absolute Gasteiger partial charge is 0.305 e. The summed E-state index contributed by atoms with van der Waals surface area (Å²) in [5.41, 5.74) is 0.945. The molecule has 2 aliphatic rings. The van der Waals surface area contributed by atoms with Crippen molar-refractivity contribution in [2.24, 2.45) is 7.05 Å². The molecule has 4 rings (SSSR count). The minimum Gasteiger partial charge on any atom is -0.305 e. The van der Waals surface area contributed by atoms with Crippen molar-refractivity contribution in [2.75, 3.05) is 11.4 Å². The third-order valence-electron chi connectivity index (χ3n) is 5.00. The molecule has 0 N–H and O–H groups in total. The van der Waals surface area contributed by atoms with E-state index in [0.29, 0.717) is 18.5 Å². The highest BCUT2D eigenvalue weighted by Gasteiger charge is 2.43. The fraction of sp³-hybridized carbons (Fsp3) is 0.529. The molecule has 5 nitrogen and oxygen atoms in total. The predicted molar refractivity (Wildman–Crippen MR) is 91.6 cm³/mol. The van der Waals surface area contributed by atoms with Gasteiger partial charge in [-0.05, 0) is 31.9 Å². The van der Waals surface area contributed by atoms with Crippen molar-refractivity contribution in [1.82, 2.24) is 14.7 Å². The molecule has 4 heterocycles. The second-order valence-electron chi connectivity index (χ2n) is 6.58. The molecule has 2 aliphatic heterocycles. The Kier molecular flexibility index (Phi) is 3.73. The minimum atomic E-state index is 0.244. The van der Waals surface area contributed by atoms with Crippen molar-refractivity contribution in [3.05, 3.63) is 34.3 Å². The molecule has 0 aromatic carbocycles. The number of fused-ring (bicyclic) bond motifs is 1. The summed E-state index contributed by atoms with van der Waals surface area (Å²) in [7, 11) is 1.90. The average molecular weight is 330 g/mol. The molecule has 2 fully saturated rings. The predicted octanol–water partition coefficient (Wildman–Crippen LogP) is 2.56. The first-order chi connectivity index (χ1) is 11.1. The Balaban J connectivity index is 1.55. The zero-order chi connectivity index (χ0) is 16.0. The van der Waals surface area contributed by atoms with Crippen LogP contribution in [0.15, 0.2) is 24.5 Å². The van der Waals surface area contributed by atoms with E-state index in [1.807, 2.05) is 35.7 Å². The fourth-order valence-corrected chi connectivity index (χ4v) is 4.90. The summed E-state index contributed by atoms with van der Waals surface area (Å²) in [4.78, 5) is 19.8. The number of thiophene rings is 1.